The molecule has 2 aromatic rings. The molecule has 2 N–H and O–H groups in total. The number of aliphatic carboxylic acids is 1. The van der Waals surface area contributed by atoms with Crippen molar-refractivity contribution in [2.75, 3.05) is 44.2 Å². The summed E-state index contributed by atoms with van der Waals surface area (Å²) in [6.07, 6.45) is 3.34. The summed E-state index contributed by atoms with van der Waals surface area (Å²) < 4.78 is 5.26. The first kappa shape index (κ1) is 21.8. The minimum Gasteiger partial charge on any atom is -0.484 e. The Morgan fingerprint density at radius 3 is 2.42 bits per heavy atom. The van der Waals surface area contributed by atoms with Crippen LogP contribution in [0, 0.1) is 0 Å². The van der Waals surface area contributed by atoms with Crippen LogP contribution in [0.4, 0.5) is 5.69 Å². The van der Waals surface area contributed by atoms with Crippen molar-refractivity contribution in [1.82, 2.24) is 15.2 Å². The second-order valence-electron chi connectivity index (χ2n) is 6.85. The van der Waals surface area contributed by atoms with E-state index in [0.29, 0.717) is 24.4 Å². The molecule has 162 valence electrons. The molecule has 1 aromatic carbocycles. The molecule has 0 saturated carbocycles. The van der Waals surface area contributed by atoms with Gasteiger partial charge in [0.05, 0.1) is 13.1 Å². The highest BCUT2D eigenvalue weighted by Gasteiger charge is 2.26. The molecule has 0 spiro atoms. The van der Waals surface area contributed by atoms with Crippen molar-refractivity contribution < 1.29 is 29.0 Å². The van der Waals surface area contributed by atoms with Crippen LogP contribution in [0.15, 0.2) is 48.8 Å². The number of hydrogen-bond acceptors (Lipinski definition) is 7. The Hall–Kier alpha value is -3.95. The Morgan fingerprint density at radius 2 is 1.77 bits per heavy atom. The number of aromatic nitrogens is 1. The quantitative estimate of drug-likeness (QED) is 0.544. The lowest BCUT2D eigenvalue weighted by atomic mass is 10.1. The summed E-state index contributed by atoms with van der Waals surface area (Å²) in [5, 5.41) is 10.7. The average molecular weight is 426 g/mol. The topological polar surface area (TPSA) is 129 Å². The molecule has 31 heavy (non-hydrogen) atoms. The Morgan fingerprint density at radius 1 is 1.06 bits per heavy atom. The zero-order valence-electron chi connectivity index (χ0n) is 16.7. The maximum Gasteiger partial charge on any atom is 0.322 e. The van der Waals surface area contributed by atoms with E-state index in [0.717, 1.165) is 5.69 Å². The van der Waals surface area contributed by atoms with Gasteiger partial charge in [0.2, 0.25) is 5.91 Å². The summed E-state index contributed by atoms with van der Waals surface area (Å²) in [5.74, 6) is -1.66. The van der Waals surface area contributed by atoms with Gasteiger partial charge >= 0.3 is 5.97 Å². The fourth-order valence-corrected chi connectivity index (χ4v) is 3.03. The van der Waals surface area contributed by atoms with Gasteiger partial charge in [-0.05, 0) is 36.4 Å². The number of Topliss-reactive ketones (excluding diaryl/α,β-unsaturated/α-hetero) is 1. The van der Waals surface area contributed by atoms with Crippen LogP contribution in [-0.4, -0.2) is 77.9 Å². The van der Waals surface area contributed by atoms with Gasteiger partial charge in [0.15, 0.2) is 12.4 Å². The van der Waals surface area contributed by atoms with Crippen molar-refractivity contribution in [3.63, 3.8) is 0 Å². The van der Waals surface area contributed by atoms with Crippen molar-refractivity contribution >= 4 is 29.3 Å². The Balaban J connectivity index is 1.48. The van der Waals surface area contributed by atoms with Gasteiger partial charge in [-0.1, -0.05) is 0 Å². The first-order chi connectivity index (χ1) is 14.9. The van der Waals surface area contributed by atoms with E-state index in [4.69, 9.17) is 9.84 Å². The summed E-state index contributed by atoms with van der Waals surface area (Å²) >= 11 is 0. The summed E-state index contributed by atoms with van der Waals surface area (Å²) in [5.41, 5.74) is 1.34. The van der Waals surface area contributed by atoms with Gasteiger partial charge in [-0.3, -0.25) is 24.2 Å². The van der Waals surface area contributed by atoms with Crippen LogP contribution in [0.5, 0.6) is 5.75 Å². The van der Waals surface area contributed by atoms with Crippen molar-refractivity contribution in [2.45, 2.75) is 0 Å². The summed E-state index contributed by atoms with van der Waals surface area (Å²) in [6, 6.07) is 9.89. The molecule has 0 aliphatic carbocycles. The van der Waals surface area contributed by atoms with E-state index in [1.807, 2.05) is 17.0 Å². The molecule has 10 nitrogen and oxygen atoms in total. The SMILES string of the molecule is O=C(O)CNC(=O)COc1ccc(C(=O)CN2CCN(c3ccncc3)CC2=O)cc1. The number of benzene rings is 1. The molecule has 2 heterocycles. The minimum absolute atomic E-state index is 0.0131. The molecule has 0 radical (unpaired) electrons. The number of carboxylic acids is 1. The lowest BCUT2D eigenvalue weighted by Crippen LogP contribution is -2.51. The Labute approximate surface area is 178 Å². The van der Waals surface area contributed by atoms with E-state index >= 15 is 0 Å². The monoisotopic (exact) mass is 426 g/mol. The number of pyridine rings is 1. The minimum atomic E-state index is -1.14. The molecule has 1 aliphatic rings. The second-order valence-corrected chi connectivity index (χ2v) is 6.85. The number of hydrogen-bond donors (Lipinski definition) is 2. The van der Waals surface area contributed by atoms with Crippen molar-refractivity contribution in [1.29, 1.82) is 0 Å². The third kappa shape index (κ3) is 6.26. The highest BCUT2D eigenvalue weighted by molar-refractivity contribution is 6.00. The molecule has 0 bridgehead atoms. The molecule has 1 aliphatic heterocycles. The number of nitrogens with one attached hydrogen (secondary N) is 1. The molecule has 1 fully saturated rings. The van der Waals surface area contributed by atoms with Gasteiger partial charge < -0.3 is 25.0 Å². The normalized spacial score (nSPS) is 13.6. The number of rotatable bonds is 9. The molecular formula is C21H22N4O6. The molecule has 10 heteroatoms. The van der Waals surface area contributed by atoms with Crippen molar-refractivity contribution in [3.05, 3.63) is 54.4 Å². The maximum absolute atomic E-state index is 12.6. The number of carbonyl (C=O) groups excluding carboxylic acids is 3. The van der Waals surface area contributed by atoms with Crippen LogP contribution in [0.25, 0.3) is 0 Å². The number of anilines is 1. The largest absolute Gasteiger partial charge is 0.484 e. The number of piperazine rings is 1. The summed E-state index contributed by atoms with van der Waals surface area (Å²) in [4.78, 5) is 54.4. The van der Waals surface area contributed by atoms with Crippen LogP contribution >= 0.6 is 0 Å². The van der Waals surface area contributed by atoms with Crippen LogP contribution < -0.4 is 15.0 Å². The fourth-order valence-electron chi connectivity index (χ4n) is 3.03. The van der Waals surface area contributed by atoms with Gasteiger partial charge in [-0.25, -0.2) is 0 Å². The maximum atomic E-state index is 12.6. The van der Waals surface area contributed by atoms with Crippen LogP contribution in [0.3, 0.4) is 0 Å². The lowest BCUT2D eigenvalue weighted by Gasteiger charge is -2.35. The molecule has 3 rings (SSSR count). The standard InChI is InChI=1S/C21H22N4O6/c26-18(12-25-10-9-24(13-20(25)28)16-5-7-22-8-6-16)15-1-3-17(4-2-15)31-14-19(27)23-11-21(29)30/h1-8H,9-14H2,(H,23,27)(H,29,30). The third-order valence-corrected chi connectivity index (χ3v) is 4.66. The molecule has 1 aromatic heterocycles. The molecular weight excluding hydrogens is 404 g/mol. The summed E-state index contributed by atoms with van der Waals surface area (Å²) in [6.45, 7) is 0.441. The molecule has 0 atom stereocenters. The molecule has 0 unspecified atom stereocenters. The average Bonchev–Trinajstić information content (AvgIpc) is 2.78. The Kier molecular flexibility index (Phi) is 7.15. The number of ether oxygens (including phenoxy) is 1. The van der Waals surface area contributed by atoms with E-state index < -0.39 is 18.4 Å². The van der Waals surface area contributed by atoms with Gasteiger partial charge in [-0.15, -0.1) is 0 Å². The van der Waals surface area contributed by atoms with Crippen LogP contribution in [0.1, 0.15) is 10.4 Å². The van der Waals surface area contributed by atoms with E-state index in [1.54, 1.807) is 36.7 Å². The number of amides is 2. The number of carboxylic acid groups (broad SMARTS) is 1. The van der Waals surface area contributed by atoms with E-state index in [-0.39, 0.29) is 31.4 Å². The van der Waals surface area contributed by atoms with Gasteiger partial charge in [-0.2, -0.15) is 0 Å². The lowest BCUT2D eigenvalue weighted by molar-refractivity contribution is -0.138. The highest BCUT2D eigenvalue weighted by atomic mass is 16.5. The zero-order valence-corrected chi connectivity index (χ0v) is 16.7. The van der Waals surface area contributed by atoms with Gasteiger partial charge in [0, 0.05) is 36.7 Å². The van der Waals surface area contributed by atoms with Crippen molar-refractivity contribution in [2.24, 2.45) is 0 Å². The predicted molar refractivity (Wildman–Crippen MR) is 110 cm³/mol. The fraction of sp³-hybridized carbons (Fsp3) is 0.286. The van der Waals surface area contributed by atoms with E-state index in [9.17, 15) is 19.2 Å². The van der Waals surface area contributed by atoms with Crippen LogP contribution in [-0.2, 0) is 14.4 Å². The molecule has 1 saturated heterocycles. The first-order valence-corrected chi connectivity index (χ1v) is 9.59. The summed E-state index contributed by atoms with van der Waals surface area (Å²) in [7, 11) is 0. The second kappa shape index (κ2) is 10.2. The third-order valence-electron chi connectivity index (χ3n) is 4.66. The predicted octanol–water partition coefficient (Wildman–Crippen LogP) is 0.193. The van der Waals surface area contributed by atoms with Gasteiger partial charge in [0.1, 0.15) is 12.3 Å². The van der Waals surface area contributed by atoms with E-state index in [1.165, 1.54) is 4.90 Å². The number of carbonyl (C=O) groups is 4. The molecule has 2 amide bonds. The van der Waals surface area contributed by atoms with E-state index in [2.05, 4.69) is 10.3 Å². The number of nitrogens with zero attached hydrogens (tertiary/aromatic N) is 3. The smallest absolute Gasteiger partial charge is 0.322 e. The highest BCUT2D eigenvalue weighted by Crippen LogP contribution is 2.17. The van der Waals surface area contributed by atoms with Crippen LogP contribution in [0.2, 0.25) is 0 Å². The zero-order chi connectivity index (χ0) is 22.2. The first-order valence-electron chi connectivity index (χ1n) is 9.59. The van der Waals surface area contributed by atoms with Crippen molar-refractivity contribution in [3.8, 4) is 5.75 Å². The Bertz CT molecular complexity index is 948. The number of ketones is 1. The van der Waals surface area contributed by atoms with Gasteiger partial charge in [0.25, 0.3) is 5.91 Å².